The van der Waals surface area contributed by atoms with Crippen LogP contribution in [0.5, 0.6) is 0 Å². The van der Waals surface area contributed by atoms with Crippen LogP contribution in [0.3, 0.4) is 0 Å². The summed E-state index contributed by atoms with van der Waals surface area (Å²) in [6, 6.07) is 38.6. The second-order valence-corrected chi connectivity index (χ2v) is 10.3. The highest BCUT2D eigenvalue weighted by atomic mass is 16.2. The summed E-state index contributed by atoms with van der Waals surface area (Å²) in [4.78, 5) is 56.7. The van der Waals surface area contributed by atoms with Gasteiger partial charge in [-0.05, 0) is 86.6 Å². The summed E-state index contributed by atoms with van der Waals surface area (Å²) in [6.07, 6.45) is 0. The largest absolute Gasteiger partial charge is 0.321 e. The van der Waals surface area contributed by atoms with Crippen molar-refractivity contribution in [3.63, 3.8) is 0 Å². The second kappa shape index (κ2) is 14.6. The van der Waals surface area contributed by atoms with Crippen LogP contribution in [0.4, 0.5) is 22.7 Å². The Kier molecular flexibility index (Phi) is 9.99. The van der Waals surface area contributed by atoms with E-state index in [9.17, 15) is 19.2 Å². The van der Waals surface area contributed by atoms with Crippen molar-refractivity contribution in [1.29, 1.82) is 0 Å². The predicted molar refractivity (Wildman–Crippen MR) is 183 cm³/mol. The van der Waals surface area contributed by atoms with Crippen LogP contribution in [-0.4, -0.2) is 36.7 Å². The van der Waals surface area contributed by atoms with Crippen molar-refractivity contribution in [2.24, 2.45) is 0 Å². The molecule has 0 bridgehead atoms. The molecule has 0 saturated heterocycles. The van der Waals surface area contributed by atoms with Crippen LogP contribution in [-0.2, 0) is 0 Å². The topological polar surface area (TPSA) is 98.8 Å². The first kappa shape index (κ1) is 31.4. The van der Waals surface area contributed by atoms with Gasteiger partial charge in [0, 0.05) is 35.6 Å². The predicted octanol–water partition coefficient (Wildman–Crippen LogP) is 7.52. The summed E-state index contributed by atoms with van der Waals surface area (Å²) in [5, 5.41) is 5.69. The molecule has 0 radical (unpaired) electrons. The van der Waals surface area contributed by atoms with Gasteiger partial charge in [0.15, 0.2) is 0 Å². The lowest BCUT2D eigenvalue weighted by Crippen LogP contribution is -2.31. The van der Waals surface area contributed by atoms with E-state index in [1.807, 2.05) is 74.5 Å². The minimum absolute atomic E-state index is 0.235. The van der Waals surface area contributed by atoms with Crippen molar-refractivity contribution in [3.05, 3.63) is 156 Å². The molecular formula is C38H34N4O4. The Balaban J connectivity index is 1.29. The summed E-state index contributed by atoms with van der Waals surface area (Å²) in [6.45, 7) is 4.70. The fraction of sp³-hybridized carbons (Fsp3) is 0.105. The van der Waals surface area contributed by atoms with Crippen molar-refractivity contribution in [3.8, 4) is 0 Å². The van der Waals surface area contributed by atoms with Gasteiger partial charge in [-0.3, -0.25) is 19.2 Å². The molecule has 230 valence electrons. The number of nitrogens with zero attached hydrogens (tertiary/aromatic N) is 2. The molecule has 2 N–H and O–H groups in total. The summed E-state index contributed by atoms with van der Waals surface area (Å²) < 4.78 is 0. The van der Waals surface area contributed by atoms with Gasteiger partial charge in [0.25, 0.3) is 23.6 Å². The Morgan fingerprint density at radius 1 is 0.457 bits per heavy atom. The first-order valence-corrected chi connectivity index (χ1v) is 15.1. The van der Waals surface area contributed by atoms with Gasteiger partial charge in [-0.15, -0.1) is 0 Å². The molecule has 5 aromatic rings. The van der Waals surface area contributed by atoms with E-state index in [1.54, 1.807) is 82.6 Å². The van der Waals surface area contributed by atoms with Crippen LogP contribution in [0.15, 0.2) is 133 Å². The number of hydrogen-bond acceptors (Lipinski definition) is 4. The molecule has 0 unspecified atom stereocenters. The molecule has 46 heavy (non-hydrogen) atoms. The number of para-hydroxylation sites is 4. The third kappa shape index (κ3) is 7.03. The van der Waals surface area contributed by atoms with E-state index in [-0.39, 0.29) is 11.8 Å². The number of hydrogen-bond donors (Lipinski definition) is 2. The molecule has 0 saturated carbocycles. The maximum atomic E-state index is 13.5. The zero-order valence-corrected chi connectivity index (χ0v) is 25.6. The average Bonchev–Trinajstić information content (AvgIpc) is 3.10. The molecular weight excluding hydrogens is 576 g/mol. The van der Waals surface area contributed by atoms with E-state index in [1.165, 1.54) is 0 Å². The van der Waals surface area contributed by atoms with E-state index in [4.69, 9.17) is 0 Å². The lowest BCUT2D eigenvalue weighted by Gasteiger charge is -2.22. The van der Waals surface area contributed by atoms with Crippen LogP contribution in [0.1, 0.15) is 55.3 Å². The monoisotopic (exact) mass is 610 g/mol. The van der Waals surface area contributed by atoms with Gasteiger partial charge in [0.05, 0.1) is 22.5 Å². The van der Waals surface area contributed by atoms with Gasteiger partial charge in [-0.1, -0.05) is 60.7 Å². The molecule has 0 heterocycles. The highest BCUT2D eigenvalue weighted by molar-refractivity contribution is 6.15. The Morgan fingerprint density at radius 2 is 0.783 bits per heavy atom. The molecule has 8 nitrogen and oxygen atoms in total. The summed E-state index contributed by atoms with van der Waals surface area (Å²) >= 11 is 0. The van der Waals surface area contributed by atoms with E-state index in [0.29, 0.717) is 46.7 Å². The highest BCUT2D eigenvalue weighted by Gasteiger charge is 2.22. The summed E-state index contributed by atoms with van der Waals surface area (Å²) in [5.74, 6) is -1.32. The Hall–Kier alpha value is -6.02. The van der Waals surface area contributed by atoms with E-state index < -0.39 is 11.8 Å². The van der Waals surface area contributed by atoms with Crippen LogP contribution in [0.25, 0.3) is 0 Å². The third-order valence-electron chi connectivity index (χ3n) is 7.48. The van der Waals surface area contributed by atoms with Gasteiger partial charge >= 0.3 is 0 Å². The van der Waals surface area contributed by atoms with E-state index in [0.717, 1.165) is 11.4 Å². The molecule has 4 amide bonds. The number of amides is 4. The molecule has 0 spiro atoms. The van der Waals surface area contributed by atoms with Crippen molar-refractivity contribution < 1.29 is 19.2 Å². The van der Waals surface area contributed by atoms with Crippen LogP contribution >= 0.6 is 0 Å². The third-order valence-corrected chi connectivity index (χ3v) is 7.48. The standard InChI is InChI=1S/C38H34N4O4/c1-3-41(29-15-7-5-8-16-29)37(45)31-19-11-13-21-33(31)39-35(43)27-23-25-28(26-24-27)36(44)40-34-22-14-12-20-32(34)38(46)42(4-2)30-17-9-6-10-18-30/h5-26H,3-4H2,1-2H3,(H,39,43)(H,40,44). The molecule has 0 aliphatic rings. The molecule has 0 aliphatic heterocycles. The SMILES string of the molecule is CCN(C(=O)c1ccccc1NC(=O)c1ccc(C(=O)Nc2ccccc2C(=O)N(CC)c2ccccc2)cc1)c1ccccc1. The smallest absolute Gasteiger partial charge is 0.260 e. The average molecular weight is 611 g/mol. The van der Waals surface area contributed by atoms with Gasteiger partial charge in [0.2, 0.25) is 0 Å². The Morgan fingerprint density at radius 3 is 1.13 bits per heavy atom. The van der Waals surface area contributed by atoms with Gasteiger partial charge < -0.3 is 20.4 Å². The van der Waals surface area contributed by atoms with Gasteiger partial charge in [0.1, 0.15) is 0 Å². The van der Waals surface area contributed by atoms with E-state index in [2.05, 4.69) is 10.6 Å². The minimum atomic E-state index is -0.425. The molecule has 5 rings (SSSR count). The van der Waals surface area contributed by atoms with Crippen molar-refractivity contribution in [2.45, 2.75) is 13.8 Å². The second-order valence-electron chi connectivity index (χ2n) is 10.3. The lowest BCUT2D eigenvalue weighted by molar-refractivity contribution is 0.0979. The molecule has 8 heteroatoms. The maximum absolute atomic E-state index is 13.5. The Bertz CT molecular complexity index is 1700. The van der Waals surface area contributed by atoms with Gasteiger partial charge in [-0.2, -0.15) is 0 Å². The fourth-order valence-corrected chi connectivity index (χ4v) is 5.11. The van der Waals surface area contributed by atoms with Crippen LogP contribution in [0, 0.1) is 0 Å². The lowest BCUT2D eigenvalue weighted by atomic mass is 10.1. The first-order valence-electron chi connectivity index (χ1n) is 15.1. The number of rotatable bonds is 10. The molecule has 5 aromatic carbocycles. The zero-order valence-electron chi connectivity index (χ0n) is 25.6. The van der Waals surface area contributed by atoms with Crippen molar-refractivity contribution >= 4 is 46.4 Å². The fourth-order valence-electron chi connectivity index (χ4n) is 5.11. The minimum Gasteiger partial charge on any atom is -0.321 e. The molecule has 0 atom stereocenters. The van der Waals surface area contributed by atoms with Gasteiger partial charge in [-0.25, -0.2) is 0 Å². The zero-order chi connectivity index (χ0) is 32.5. The van der Waals surface area contributed by atoms with Crippen LogP contribution < -0.4 is 20.4 Å². The van der Waals surface area contributed by atoms with Crippen LogP contribution in [0.2, 0.25) is 0 Å². The van der Waals surface area contributed by atoms with E-state index >= 15 is 0 Å². The number of carbonyl (C=O) groups is 4. The summed E-state index contributed by atoms with van der Waals surface area (Å²) in [7, 11) is 0. The molecule has 0 aliphatic carbocycles. The first-order chi connectivity index (χ1) is 22.4. The number of carbonyl (C=O) groups excluding carboxylic acids is 4. The Labute approximate surface area is 268 Å². The number of anilines is 4. The summed E-state index contributed by atoms with van der Waals surface area (Å²) in [5.41, 5.74) is 3.63. The van der Waals surface area contributed by atoms with Crippen molar-refractivity contribution in [1.82, 2.24) is 0 Å². The molecule has 0 fully saturated rings. The number of benzene rings is 5. The van der Waals surface area contributed by atoms with Crippen molar-refractivity contribution in [2.75, 3.05) is 33.5 Å². The molecule has 0 aromatic heterocycles. The number of nitrogens with one attached hydrogen (secondary N) is 2. The normalized spacial score (nSPS) is 10.5. The highest BCUT2D eigenvalue weighted by Crippen LogP contribution is 2.24. The quantitative estimate of drug-likeness (QED) is 0.171. The maximum Gasteiger partial charge on any atom is 0.260 e.